The molecular weight excluding hydrogens is 234 g/mol. The van der Waals surface area contributed by atoms with Gasteiger partial charge in [0.05, 0.1) is 5.88 Å². The van der Waals surface area contributed by atoms with Crippen molar-refractivity contribution in [2.45, 2.75) is 33.6 Å². The second-order valence-corrected chi connectivity index (χ2v) is 5.48. The van der Waals surface area contributed by atoms with Crippen LogP contribution in [0.4, 0.5) is 5.95 Å². The van der Waals surface area contributed by atoms with Crippen LogP contribution in [0.15, 0.2) is 12.4 Å². The average Bonchev–Trinajstić information content (AvgIpc) is 2.27. The van der Waals surface area contributed by atoms with Gasteiger partial charge in [-0.05, 0) is 11.8 Å². The van der Waals surface area contributed by atoms with E-state index >= 15 is 0 Å². The topological polar surface area (TPSA) is 29.0 Å². The van der Waals surface area contributed by atoms with Crippen molar-refractivity contribution in [2.75, 3.05) is 18.0 Å². The minimum Gasteiger partial charge on any atom is -0.340 e. The van der Waals surface area contributed by atoms with Gasteiger partial charge in [0.1, 0.15) is 0 Å². The van der Waals surface area contributed by atoms with Gasteiger partial charge in [0.2, 0.25) is 5.95 Å². The maximum atomic E-state index is 5.73. The van der Waals surface area contributed by atoms with E-state index in [-0.39, 0.29) is 0 Å². The Bertz CT molecular complexity index is 312. The normalized spacial score (nSPS) is 11.2. The van der Waals surface area contributed by atoms with Crippen molar-refractivity contribution < 1.29 is 0 Å². The largest absolute Gasteiger partial charge is 0.340 e. The molecule has 1 aromatic heterocycles. The van der Waals surface area contributed by atoms with Crippen LogP contribution in [-0.2, 0) is 5.88 Å². The highest BCUT2D eigenvalue weighted by Gasteiger charge is 2.12. The zero-order valence-corrected chi connectivity index (χ0v) is 11.9. The van der Waals surface area contributed by atoms with Gasteiger partial charge in [0, 0.05) is 31.0 Å². The summed E-state index contributed by atoms with van der Waals surface area (Å²) in [5.74, 6) is 2.48. The molecular formula is C13H22ClN3. The van der Waals surface area contributed by atoms with Crippen LogP contribution in [0.3, 0.4) is 0 Å². The summed E-state index contributed by atoms with van der Waals surface area (Å²) in [5, 5.41) is 0. The quantitative estimate of drug-likeness (QED) is 0.730. The van der Waals surface area contributed by atoms with Crippen LogP contribution in [0.2, 0.25) is 0 Å². The molecule has 0 spiro atoms. The molecule has 4 heteroatoms. The fourth-order valence-corrected chi connectivity index (χ4v) is 1.84. The molecule has 0 radical (unpaired) electrons. The Labute approximate surface area is 109 Å². The third-order valence-corrected chi connectivity index (χ3v) is 2.61. The Morgan fingerprint density at radius 2 is 1.53 bits per heavy atom. The summed E-state index contributed by atoms with van der Waals surface area (Å²) >= 11 is 5.73. The van der Waals surface area contributed by atoms with E-state index in [9.17, 15) is 0 Å². The Hall–Kier alpha value is -0.830. The number of alkyl halides is 1. The molecule has 0 saturated heterocycles. The first kappa shape index (κ1) is 14.2. The molecule has 1 aromatic rings. The molecule has 0 fully saturated rings. The minimum atomic E-state index is 0.467. The molecule has 0 aromatic carbocycles. The monoisotopic (exact) mass is 255 g/mol. The number of halogens is 1. The standard InChI is InChI=1S/C13H22ClN3/c1-10(2)8-17(9-11(3)4)13-15-6-12(5-14)7-16-13/h6-7,10-11H,5,8-9H2,1-4H3. The van der Waals surface area contributed by atoms with Crippen LogP contribution in [0.5, 0.6) is 0 Å². The summed E-state index contributed by atoms with van der Waals surface area (Å²) in [6.45, 7) is 10.8. The van der Waals surface area contributed by atoms with E-state index in [2.05, 4.69) is 42.6 Å². The molecule has 0 bridgehead atoms. The zero-order valence-electron chi connectivity index (χ0n) is 11.2. The fraction of sp³-hybridized carbons (Fsp3) is 0.692. The van der Waals surface area contributed by atoms with Gasteiger partial charge >= 0.3 is 0 Å². The maximum Gasteiger partial charge on any atom is 0.225 e. The number of nitrogens with zero attached hydrogens (tertiary/aromatic N) is 3. The molecule has 0 unspecified atom stereocenters. The van der Waals surface area contributed by atoms with Gasteiger partial charge in [-0.3, -0.25) is 0 Å². The van der Waals surface area contributed by atoms with Crippen molar-refractivity contribution in [1.29, 1.82) is 0 Å². The predicted octanol–water partition coefficient (Wildman–Crippen LogP) is 3.33. The molecule has 0 N–H and O–H groups in total. The van der Waals surface area contributed by atoms with Crippen molar-refractivity contribution in [3.05, 3.63) is 18.0 Å². The minimum absolute atomic E-state index is 0.467. The second kappa shape index (κ2) is 6.80. The van der Waals surface area contributed by atoms with Crippen molar-refractivity contribution >= 4 is 17.5 Å². The highest BCUT2D eigenvalue weighted by Crippen LogP contribution is 2.13. The lowest BCUT2D eigenvalue weighted by Crippen LogP contribution is -2.32. The summed E-state index contributed by atoms with van der Waals surface area (Å²) in [6, 6.07) is 0. The summed E-state index contributed by atoms with van der Waals surface area (Å²) < 4.78 is 0. The van der Waals surface area contributed by atoms with Crippen LogP contribution in [-0.4, -0.2) is 23.1 Å². The summed E-state index contributed by atoms with van der Waals surface area (Å²) in [5.41, 5.74) is 0.962. The van der Waals surface area contributed by atoms with Crippen LogP contribution < -0.4 is 4.90 Å². The van der Waals surface area contributed by atoms with Crippen molar-refractivity contribution in [2.24, 2.45) is 11.8 Å². The van der Waals surface area contributed by atoms with E-state index in [1.54, 1.807) is 0 Å². The molecule has 0 aliphatic heterocycles. The van der Waals surface area contributed by atoms with Gasteiger partial charge in [0.25, 0.3) is 0 Å². The first-order chi connectivity index (χ1) is 8.02. The first-order valence-electron chi connectivity index (χ1n) is 6.14. The smallest absolute Gasteiger partial charge is 0.225 e. The lowest BCUT2D eigenvalue weighted by Gasteiger charge is -2.26. The maximum absolute atomic E-state index is 5.73. The van der Waals surface area contributed by atoms with Gasteiger partial charge in [0.15, 0.2) is 0 Å². The van der Waals surface area contributed by atoms with E-state index in [1.165, 1.54) is 0 Å². The Balaban J connectivity index is 2.79. The average molecular weight is 256 g/mol. The molecule has 1 rings (SSSR count). The zero-order chi connectivity index (χ0) is 12.8. The Kier molecular flexibility index (Phi) is 5.69. The molecule has 0 saturated carbocycles. The molecule has 17 heavy (non-hydrogen) atoms. The number of anilines is 1. The Morgan fingerprint density at radius 1 is 1.06 bits per heavy atom. The Morgan fingerprint density at radius 3 is 1.88 bits per heavy atom. The van der Waals surface area contributed by atoms with E-state index in [1.807, 2.05) is 12.4 Å². The first-order valence-corrected chi connectivity index (χ1v) is 6.68. The molecule has 0 aliphatic carbocycles. The number of hydrogen-bond acceptors (Lipinski definition) is 3. The van der Waals surface area contributed by atoms with Gasteiger partial charge in [-0.2, -0.15) is 0 Å². The van der Waals surface area contributed by atoms with Crippen LogP contribution in [0.25, 0.3) is 0 Å². The molecule has 96 valence electrons. The highest BCUT2D eigenvalue weighted by atomic mass is 35.5. The van der Waals surface area contributed by atoms with Crippen molar-refractivity contribution in [1.82, 2.24) is 9.97 Å². The molecule has 0 amide bonds. The molecule has 1 heterocycles. The van der Waals surface area contributed by atoms with Gasteiger partial charge < -0.3 is 4.90 Å². The number of rotatable bonds is 6. The van der Waals surface area contributed by atoms with Crippen molar-refractivity contribution in [3.8, 4) is 0 Å². The van der Waals surface area contributed by atoms with Crippen LogP contribution >= 0.6 is 11.6 Å². The predicted molar refractivity (Wildman–Crippen MR) is 73.5 cm³/mol. The third kappa shape index (κ3) is 4.90. The molecule has 3 nitrogen and oxygen atoms in total. The van der Waals surface area contributed by atoms with E-state index in [0.29, 0.717) is 17.7 Å². The fourth-order valence-electron chi connectivity index (χ4n) is 1.70. The van der Waals surface area contributed by atoms with E-state index in [4.69, 9.17) is 11.6 Å². The summed E-state index contributed by atoms with van der Waals surface area (Å²) in [7, 11) is 0. The lowest BCUT2D eigenvalue weighted by atomic mass is 10.1. The highest BCUT2D eigenvalue weighted by molar-refractivity contribution is 6.17. The lowest BCUT2D eigenvalue weighted by molar-refractivity contribution is 0.544. The second-order valence-electron chi connectivity index (χ2n) is 5.22. The SMILES string of the molecule is CC(C)CN(CC(C)C)c1ncc(CCl)cn1. The summed E-state index contributed by atoms with van der Waals surface area (Å²) in [6.07, 6.45) is 3.62. The number of aromatic nitrogens is 2. The van der Waals surface area contributed by atoms with Gasteiger partial charge in [-0.15, -0.1) is 11.6 Å². The van der Waals surface area contributed by atoms with Gasteiger partial charge in [-0.25, -0.2) is 9.97 Å². The molecule has 0 aliphatic rings. The van der Waals surface area contributed by atoms with E-state index < -0.39 is 0 Å². The van der Waals surface area contributed by atoms with Gasteiger partial charge in [-0.1, -0.05) is 27.7 Å². The van der Waals surface area contributed by atoms with Crippen LogP contribution in [0.1, 0.15) is 33.3 Å². The van der Waals surface area contributed by atoms with Crippen molar-refractivity contribution in [3.63, 3.8) is 0 Å². The van der Waals surface area contributed by atoms with E-state index in [0.717, 1.165) is 24.6 Å². The van der Waals surface area contributed by atoms with Crippen LogP contribution in [0, 0.1) is 11.8 Å². The molecule has 0 atom stereocenters. The third-order valence-electron chi connectivity index (χ3n) is 2.30. The number of hydrogen-bond donors (Lipinski definition) is 0. The summed E-state index contributed by atoms with van der Waals surface area (Å²) in [4.78, 5) is 11.0.